The topological polar surface area (TPSA) is 24.5 Å². The van der Waals surface area contributed by atoms with Crippen molar-refractivity contribution < 1.29 is 4.74 Å². The van der Waals surface area contributed by atoms with Crippen LogP contribution in [0.1, 0.15) is 39.0 Å². The van der Waals surface area contributed by atoms with E-state index in [-0.39, 0.29) is 5.60 Å². The van der Waals surface area contributed by atoms with Crippen LogP contribution >= 0.6 is 0 Å². The van der Waals surface area contributed by atoms with E-state index in [1.165, 1.54) is 32.1 Å². The molecule has 1 heterocycles. The Kier molecular flexibility index (Phi) is 4.45. The van der Waals surface area contributed by atoms with Gasteiger partial charge in [0.25, 0.3) is 0 Å². The van der Waals surface area contributed by atoms with Gasteiger partial charge in [0.2, 0.25) is 0 Å². The molecule has 0 aromatic carbocycles. The Hall–Kier alpha value is -0.120. The summed E-state index contributed by atoms with van der Waals surface area (Å²) in [4.78, 5) is 2.30. The smallest absolute Gasteiger partial charge is 0.0685 e. The van der Waals surface area contributed by atoms with E-state index in [4.69, 9.17) is 4.74 Å². The molecule has 1 N–H and O–H groups in total. The third kappa shape index (κ3) is 3.21. The van der Waals surface area contributed by atoms with Gasteiger partial charge < -0.3 is 15.0 Å². The van der Waals surface area contributed by atoms with Crippen LogP contribution in [0.2, 0.25) is 0 Å². The first-order valence-corrected chi connectivity index (χ1v) is 7.17. The Morgan fingerprint density at radius 1 is 1.41 bits per heavy atom. The molecular formula is C14H28N2O. The molecule has 1 aliphatic heterocycles. The fourth-order valence-electron chi connectivity index (χ4n) is 3.36. The molecule has 1 saturated carbocycles. The molecule has 3 heteroatoms. The molecule has 0 aromatic rings. The third-order valence-electron chi connectivity index (χ3n) is 4.39. The van der Waals surface area contributed by atoms with Crippen LogP contribution in [-0.4, -0.2) is 50.3 Å². The van der Waals surface area contributed by atoms with Gasteiger partial charge in [0.1, 0.15) is 0 Å². The second kappa shape index (κ2) is 5.68. The maximum absolute atomic E-state index is 6.02. The highest BCUT2D eigenvalue weighted by Gasteiger charge is 2.44. The van der Waals surface area contributed by atoms with Gasteiger partial charge in [-0.25, -0.2) is 0 Å². The van der Waals surface area contributed by atoms with Gasteiger partial charge in [-0.15, -0.1) is 0 Å². The van der Waals surface area contributed by atoms with E-state index in [1.54, 1.807) is 0 Å². The van der Waals surface area contributed by atoms with E-state index in [1.807, 2.05) is 0 Å². The van der Waals surface area contributed by atoms with E-state index in [0.29, 0.717) is 6.04 Å². The molecule has 0 bridgehead atoms. The monoisotopic (exact) mass is 240 g/mol. The van der Waals surface area contributed by atoms with Crippen molar-refractivity contribution in [3.8, 4) is 0 Å². The molecule has 1 aliphatic carbocycles. The largest absolute Gasteiger partial charge is 0.375 e. The number of hydrogen-bond donors (Lipinski definition) is 1. The van der Waals surface area contributed by atoms with E-state index in [9.17, 15) is 0 Å². The Morgan fingerprint density at radius 3 is 2.71 bits per heavy atom. The summed E-state index contributed by atoms with van der Waals surface area (Å²) in [6.07, 6.45) is 6.46. The average molecular weight is 240 g/mol. The second-order valence-corrected chi connectivity index (χ2v) is 6.06. The van der Waals surface area contributed by atoms with Crippen LogP contribution in [0.3, 0.4) is 0 Å². The molecule has 17 heavy (non-hydrogen) atoms. The van der Waals surface area contributed by atoms with Gasteiger partial charge in [-0.3, -0.25) is 0 Å². The minimum absolute atomic E-state index is 0.281. The zero-order chi connectivity index (χ0) is 12.3. The summed E-state index contributed by atoms with van der Waals surface area (Å²) < 4.78 is 6.02. The molecule has 2 fully saturated rings. The predicted octanol–water partition coefficient (Wildman–Crippen LogP) is 1.88. The van der Waals surface area contributed by atoms with Crippen LogP contribution in [0.4, 0.5) is 0 Å². The van der Waals surface area contributed by atoms with Crippen molar-refractivity contribution in [3.63, 3.8) is 0 Å². The van der Waals surface area contributed by atoms with Crippen LogP contribution in [0.5, 0.6) is 0 Å². The standard InChI is InChI=1S/C14H28N2O/c1-4-15-13(11-16(2)3)12-6-9-17-14(10-12)7-5-8-14/h12-13,15H,4-11H2,1-3H3. The Balaban J connectivity index is 1.92. The van der Waals surface area contributed by atoms with Gasteiger partial charge in [0.15, 0.2) is 0 Å². The normalized spacial score (nSPS) is 29.3. The minimum atomic E-state index is 0.281. The highest BCUT2D eigenvalue weighted by molar-refractivity contribution is 4.96. The Morgan fingerprint density at radius 2 is 2.18 bits per heavy atom. The van der Waals surface area contributed by atoms with Crippen molar-refractivity contribution in [1.29, 1.82) is 0 Å². The highest BCUT2D eigenvalue weighted by Crippen LogP contribution is 2.44. The summed E-state index contributed by atoms with van der Waals surface area (Å²) in [6, 6.07) is 0.636. The van der Waals surface area contributed by atoms with Crippen molar-refractivity contribution in [1.82, 2.24) is 10.2 Å². The number of rotatable bonds is 5. The third-order valence-corrected chi connectivity index (χ3v) is 4.39. The van der Waals surface area contributed by atoms with E-state index < -0.39 is 0 Å². The molecule has 0 radical (unpaired) electrons. The van der Waals surface area contributed by atoms with Crippen molar-refractivity contribution >= 4 is 0 Å². The lowest BCUT2D eigenvalue weighted by Gasteiger charge is -2.49. The van der Waals surface area contributed by atoms with Gasteiger partial charge in [0, 0.05) is 19.2 Å². The molecule has 2 unspecified atom stereocenters. The highest BCUT2D eigenvalue weighted by atomic mass is 16.5. The zero-order valence-corrected chi connectivity index (χ0v) is 11.7. The van der Waals surface area contributed by atoms with Crippen molar-refractivity contribution in [2.45, 2.75) is 50.7 Å². The molecule has 1 spiro atoms. The molecule has 2 rings (SSSR count). The lowest BCUT2D eigenvalue weighted by molar-refractivity contribution is -0.147. The summed E-state index contributed by atoms with van der Waals surface area (Å²) in [5, 5.41) is 3.67. The molecule has 3 nitrogen and oxygen atoms in total. The first kappa shape index (κ1) is 13.3. The van der Waals surface area contributed by atoms with Gasteiger partial charge in [0.05, 0.1) is 5.60 Å². The van der Waals surface area contributed by atoms with Crippen molar-refractivity contribution in [2.24, 2.45) is 5.92 Å². The lowest BCUT2D eigenvalue weighted by Crippen LogP contribution is -2.52. The summed E-state index contributed by atoms with van der Waals surface area (Å²) in [7, 11) is 4.34. The molecule has 100 valence electrons. The molecule has 1 saturated heterocycles. The maximum atomic E-state index is 6.02. The first-order chi connectivity index (χ1) is 8.15. The molecule has 2 aliphatic rings. The summed E-state index contributed by atoms with van der Waals surface area (Å²) in [5.41, 5.74) is 0.281. The van der Waals surface area contributed by atoms with Gasteiger partial charge >= 0.3 is 0 Å². The molecular weight excluding hydrogens is 212 g/mol. The number of hydrogen-bond acceptors (Lipinski definition) is 3. The fourth-order valence-corrected chi connectivity index (χ4v) is 3.36. The quantitative estimate of drug-likeness (QED) is 0.794. The van der Waals surface area contributed by atoms with Gasteiger partial charge in [-0.2, -0.15) is 0 Å². The summed E-state index contributed by atoms with van der Waals surface area (Å²) >= 11 is 0. The average Bonchev–Trinajstić information content (AvgIpc) is 2.26. The summed E-state index contributed by atoms with van der Waals surface area (Å²) in [5.74, 6) is 0.798. The van der Waals surface area contributed by atoms with Gasteiger partial charge in [-0.1, -0.05) is 6.92 Å². The number of nitrogens with zero attached hydrogens (tertiary/aromatic N) is 1. The number of nitrogens with one attached hydrogen (secondary N) is 1. The van der Waals surface area contributed by atoms with Crippen LogP contribution < -0.4 is 5.32 Å². The molecule has 2 atom stereocenters. The van der Waals surface area contributed by atoms with Crippen LogP contribution in [0.25, 0.3) is 0 Å². The minimum Gasteiger partial charge on any atom is -0.375 e. The van der Waals surface area contributed by atoms with Crippen LogP contribution in [0.15, 0.2) is 0 Å². The fraction of sp³-hybridized carbons (Fsp3) is 1.00. The Bertz CT molecular complexity index is 238. The second-order valence-electron chi connectivity index (χ2n) is 6.06. The van der Waals surface area contributed by atoms with E-state index >= 15 is 0 Å². The number of likely N-dealkylation sites (N-methyl/N-ethyl adjacent to an activating group) is 2. The van der Waals surface area contributed by atoms with Crippen molar-refractivity contribution in [3.05, 3.63) is 0 Å². The lowest BCUT2D eigenvalue weighted by atomic mass is 9.70. The zero-order valence-electron chi connectivity index (χ0n) is 11.7. The van der Waals surface area contributed by atoms with E-state index in [0.717, 1.165) is 25.6 Å². The summed E-state index contributed by atoms with van der Waals surface area (Å²) in [6.45, 7) is 5.40. The Labute approximate surface area is 106 Å². The van der Waals surface area contributed by atoms with E-state index in [2.05, 4.69) is 31.2 Å². The van der Waals surface area contributed by atoms with Gasteiger partial charge in [-0.05, 0) is 58.7 Å². The number of ether oxygens (including phenoxy) is 1. The van der Waals surface area contributed by atoms with Crippen LogP contribution in [-0.2, 0) is 4.74 Å². The first-order valence-electron chi connectivity index (χ1n) is 7.17. The molecule has 0 aromatic heterocycles. The predicted molar refractivity (Wildman–Crippen MR) is 71.3 cm³/mol. The SMILES string of the molecule is CCNC(CN(C)C)C1CCOC2(CCC2)C1. The molecule has 0 amide bonds. The maximum Gasteiger partial charge on any atom is 0.0685 e. The van der Waals surface area contributed by atoms with Crippen LogP contribution in [0, 0.1) is 5.92 Å². The van der Waals surface area contributed by atoms with Crippen molar-refractivity contribution in [2.75, 3.05) is 33.8 Å².